The minimum atomic E-state index is -0.499. The summed E-state index contributed by atoms with van der Waals surface area (Å²) < 4.78 is 5.32. The average Bonchev–Trinajstić information content (AvgIpc) is 2.95. The first-order chi connectivity index (χ1) is 12.2. The monoisotopic (exact) mass is 375 g/mol. The van der Waals surface area contributed by atoms with Crippen molar-refractivity contribution in [2.75, 3.05) is 5.73 Å². The minimum absolute atomic E-state index is 0.395. The predicted octanol–water partition coefficient (Wildman–Crippen LogP) is 4.93. The molecule has 0 bridgehead atoms. The normalized spacial score (nSPS) is 11.4. The summed E-state index contributed by atoms with van der Waals surface area (Å²) in [5, 5.41) is 2.86. The van der Waals surface area contributed by atoms with E-state index in [0.29, 0.717) is 6.54 Å². The standard InChI is InChI=1S/C20H29N3O2S/c1-6-8-14-10-17(16-9-13(7-2)15(21)11-22-16)26-18(14)12-23-19(24)25-20(3,4)5/h9-11H,6-8,12,21H2,1-5H3,(H,23,24). The van der Waals surface area contributed by atoms with E-state index in [1.165, 1.54) is 5.56 Å². The highest BCUT2D eigenvalue weighted by Gasteiger charge is 2.17. The van der Waals surface area contributed by atoms with E-state index in [-0.39, 0.29) is 0 Å². The van der Waals surface area contributed by atoms with Gasteiger partial charge in [0.25, 0.3) is 0 Å². The van der Waals surface area contributed by atoms with Gasteiger partial charge in [-0.15, -0.1) is 11.3 Å². The Morgan fingerprint density at radius 3 is 2.62 bits per heavy atom. The number of thiophene rings is 1. The smallest absolute Gasteiger partial charge is 0.407 e. The van der Waals surface area contributed by atoms with Crippen LogP contribution in [-0.4, -0.2) is 16.7 Å². The van der Waals surface area contributed by atoms with Crippen LogP contribution in [0.3, 0.4) is 0 Å². The highest BCUT2D eigenvalue weighted by atomic mass is 32.1. The Kier molecular flexibility index (Phi) is 6.64. The number of nitrogen functional groups attached to an aromatic ring is 1. The number of ether oxygens (including phenoxy) is 1. The lowest BCUT2D eigenvalue weighted by Gasteiger charge is -2.19. The third-order valence-corrected chi connectivity index (χ3v) is 5.07. The summed E-state index contributed by atoms with van der Waals surface area (Å²) >= 11 is 1.66. The van der Waals surface area contributed by atoms with Crippen LogP contribution in [-0.2, 0) is 24.1 Å². The molecule has 5 nitrogen and oxygen atoms in total. The van der Waals surface area contributed by atoms with Crippen molar-refractivity contribution in [3.8, 4) is 10.6 Å². The summed E-state index contributed by atoms with van der Waals surface area (Å²) in [6, 6.07) is 4.24. The van der Waals surface area contributed by atoms with E-state index in [1.54, 1.807) is 17.5 Å². The number of amides is 1. The molecular formula is C20H29N3O2S. The molecule has 142 valence electrons. The van der Waals surface area contributed by atoms with Gasteiger partial charge in [-0.25, -0.2) is 4.79 Å². The molecular weight excluding hydrogens is 346 g/mol. The van der Waals surface area contributed by atoms with E-state index in [2.05, 4.69) is 36.3 Å². The van der Waals surface area contributed by atoms with Crippen molar-refractivity contribution in [3.63, 3.8) is 0 Å². The molecule has 2 heterocycles. The van der Waals surface area contributed by atoms with Gasteiger partial charge in [0.2, 0.25) is 0 Å². The van der Waals surface area contributed by atoms with E-state index in [4.69, 9.17) is 10.5 Å². The van der Waals surface area contributed by atoms with Crippen molar-refractivity contribution in [2.24, 2.45) is 0 Å². The largest absolute Gasteiger partial charge is 0.444 e. The Morgan fingerprint density at radius 1 is 1.27 bits per heavy atom. The van der Waals surface area contributed by atoms with Crippen LogP contribution in [0.1, 0.15) is 57.0 Å². The van der Waals surface area contributed by atoms with Crippen LogP contribution in [0.4, 0.5) is 10.5 Å². The SMILES string of the molecule is CCCc1cc(-c2cc(CC)c(N)cn2)sc1CNC(=O)OC(C)(C)C. The molecule has 26 heavy (non-hydrogen) atoms. The van der Waals surface area contributed by atoms with Gasteiger partial charge in [-0.2, -0.15) is 0 Å². The molecule has 0 saturated carbocycles. The molecule has 0 fully saturated rings. The maximum absolute atomic E-state index is 11.9. The van der Waals surface area contributed by atoms with Gasteiger partial charge >= 0.3 is 6.09 Å². The number of pyridine rings is 1. The molecule has 2 aromatic rings. The topological polar surface area (TPSA) is 77.2 Å². The first kappa shape index (κ1) is 20.2. The van der Waals surface area contributed by atoms with Crippen molar-refractivity contribution < 1.29 is 9.53 Å². The number of hydrogen-bond acceptors (Lipinski definition) is 5. The van der Waals surface area contributed by atoms with Crippen molar-refractivity contribution >= 4 is 23.1 Å². The second-order valence-electron chi connectivity index (χ2n) is 7.29. The second-order valence-corrected chi connectivity index (χ2v) is 8.42. The highest BCUT2D eigenvalue weighted by Crippen LogP contribution is 2.32. The summed E-state index contributed by atoms with van der Waals surface area (Å²) in [4.78, 5) is 18.7. The molecule has 0 unspecified atom stereocenters. The van der Waals surface area contributed by atoms with Gasteiger partial charge in [0.05, 0.1) is 29.0 Å². The number of nitrogens with two attached hydrogens (primary N) is 1. The molecule has 0 spiro atoms. The first-order valence-corrected chi connectivity index (χ1v) is 9.88. The maximum atomic E-state index is 11.9. The van der Waals surface area contributed by atoms with Gasteiger partial charge in [-0.1, -0.05) is 20.3 Å². The zero-order chi connectivity index (χ0) is 19.3. The Morgan fingerprint density at radius 2 is 2.00 bits per heavy atom. The van der Waals surface area contributed by atoms with E-state index in [1.807, 2.05) is 20.8 Å². The number of nitrogens with one attached hydrogen (secondary N) is 1. The van der Waals surface area contributed by atoms with Crippen molar-refractivity contribution in [3.05, 3.63) is 34.3 Å². The van der Waals surface area contributed by atoms with Crippen LogP contribution in [0.2, 0.25) is 0 Å². The number of aromatic nitrogens is 1. The van der Waals surface area contributed by atoms with Crippen LogP contribution in [0.25, 0.3) is 10.6 Å². The van der Waals surface area contributed by atoms with E-state index in [9.17, 15) is 4.79 Å². The van der Waals surface area contributed by atoms with Gasteiger partial charge < -0.3 is 15.8 Å². The third-order valence-electron chi connectivity index (χ3n) is 3.87. The number of carbonyl (C=O) groups excluding carboxylic acids is 1. The van der Waals surface area contributed by atoms with E-state index < -0.39 is 11.7 Å². The number of alkyl carbamates (subject to hydrolysis) is 1. The van der Waals surface area contributed by atoms with Crippen LogP contribution >= 0.6 is 11.3 Å². The van der Waals surface area contributed by atoms with Crippen molar-refractivity contribution in [1.29, 1.82) is 0 Å². The highest BCUT2D eigenvalue weighted by molar-refractivity contribution is 7.15. The molecule has 2 rings (SSSR count). The Balaban J connectivity index is 2.21. The van der Waals surface area contributed by atoms with Gasteiger partial charge in [0.15, 0.2) is 0 Å². The molecule has 0 aliphatic carbocycles. The lowest BCUT2D eigenvalue weighted by molar-refractivity contribution is 0.0524. The molecule has 6 heteroatoms. The van der Waals surface area contributed by atoms with E-state index in [0.717, 1.165) is 46.0 Å². The molecule has 0 aliphatic rings. The summed E-state index contributed by atoms with van der Waals surface area (Å²) in [5.41, 5.74) is 9.49. The third kappa shape index (κ3) is 5.46. The Bertz CT molecular complexity index is 763. The minimum Gasteiger partial charge on any atom is -0.444 e. The second kappa shape index (κ2) is 8.54. The molecule has 2 aromatic heterocycles. The van der Waals surface area contributed by atoms with Crippen LogP contribution < -0.4 is 11.1 Å². The average molecular weight is 376 g/mol. The number of aryl methyl sites for hydroxylation is 2. The lowest BCUT2D eigenvalue weighted by atomic mass is 10.1. The molecule has 0 atom stereocenters. The molecule has 0 radical (unpaired) electrons. The fourth-order valence-electron chi connectivity index (χ4n) is 2.64. The van der Waals surface area contributed by atoms with Crippen molar-refractivity contribution in [2.45, 2.75) is 66.0 Å². The van der Waals surface area contributed by atoms with E-state index >= 15 is 0 Å². The number of rotatable bonds is 6. The summed E-state index contributed by atoms with van der Waals surface area (Å²) in [5.74, 6) is 0. The molecule has 0 aliphatic heterocycles. The van der Waals surface area contributed by atoms with Crippen LogP contribution in [0.15, 0.2) is 18.3 Å². The number of hydrogen-bond donors (Lipinski definition) is 2. The molecule has 3 N–H and O–H groups in total. The molecule has 0 aromatic carbocycles. The number of nitrogens with zero attached hydrogens (tertiary/aromatic N) is 1. The van der Waals surface area contributed by atoms with Gasteiger partial charge in [-0.05, 0) is 56.9 Å². The quantitative estimate of drug-likeness (QED) is 0.750. The van der Waals surface area contributed by atoms with Crippen molar-refractivity contribution in [1.82, 2.24) is 10.3 Å². The van der Waals surface area contributed by atoms with Crippen LogP contribution in [0.5, 0.6) is 0 Å². The fourth-order valence-corrected chi connectivity index (χ4v) is 3.76. The fraction of sp³-hybridized carbons (Fsp3) is 0.500. The van der Waals surface area contributed by atoms with Crippen LogP contribution in [0, 0.1) is 0 Å². The summed E-state index contributed by atoms with van der Waals surface area (Å²) in [7, 11) is 0. The first-order valence-electron chi connectivity index (χ1n) is 9.06. The summed E-state index contributed by atoms with van der Waals surface area (Å²) in [6.07, 6.45) is 4.23. The lowest BCUT2D eigenvalue weighted by Crippen LogP contribution is -2.32. The zero-order valence-corrected chi connectivity index (χ0v) is 17.1. The maximum Gasteiger partial charge on any atom is 0.407 e. The molecule has 1 amide bonds. The zero-order valence-electron chi connectivity index (χ0n) is 16.3. The Hall–Kier alpha value is -2.08. The van der Waals surface area contributed by atoms with Gasteiger partial charge in [0.1, 0.15) is 5.60 Å². The summed E-state index contributed by atoms with van der Waals surface area (Å²) in [6.45, 7) is 10.3. The number of carbonyl (C=O) groups is 1. The molecule has 0 saturated heterocycles. The Labute approximate surface area is 160 Å². The van der Waals surface area contributed by atoms with Gasteiger partial charge in [0, 0.05) is 4.88 Å². The van der Waals surface area contributed by atoms with Gasteiger partial charge in [-0.3, -0.25) is 4.98 Å². The predicted molar refractivity (Wildman–Crippen MR) is 108 cm³/mol. The number of anilines is 1.